The first-order chi connectivity index (χ1) is 7.50. The number of amides is 1. The molecule has 1 atom stereocenters. The molecule has 0 spiro atoms. The number of carbonyl (C=O) groups is 1. The van der Waals surface area contributed by atoms with Gasteiger partial charge in [-0.05, 0) is 31.0 Å². The van der Waals surface area contributed by atoms with Crippen LogP contribution in [0.25, 0.3) is 0 Å². The first-order valence-corrected chi connectivity index (χ1v) is 5.35. The van der Waals surface area contributed by atoms with Gasteiger partial charge in [0, 0.05) is 11.6 Å². The van der Waals surface area contributed by atoms with Crippen LogP contribution in [0.4, 0.5) is 4.39 Å². The maximum atomic E-state index is 12.7. The fourth-order valence-electron chi connectivity index (χ4n) is 1.21. The van der Waals surface area contributed by atoms with Gasteiger partial charge < -0.3 is 11.1 Å². The van der Waals surface area contributed by atoms with Crippen molar-refractivity contribution in [2.75, 3.05) is 6.54 Å². The molecule has 0 aromatic heterocycles. The van der Waals surface area contributed by atoms with Crippen LogP contribution in [0.1, 0.15) is 12.5 Å². The molecule has 0 fully saturated rings. The zero-order chi connectivity index (χ0) is 12.1. The van der Waals surface area contributed by atoms with Crippen LogP contribution in [0, 0.1) is 5.82 Å². The number of nitrogens with one attached hydrogen (secondary N) is 1. The van der Waals surface area contributed by atoms with Crippen molar-refractivity contribution >= 4 is 29.9 Å². The Labute approximate surface area is 111 Å². The molecule has 17 heavy (non-hydrogen) atoms. The van der Waals surface area contributed by atoms with Crippen LogP contribution in [-0.4, -0.2) is 18.5 Å². The summed E-state index contributed by atoms with van der Waals surface area (Å²) in [5, 5.41) is 3.03. The number of hydrogen-bond donors (Lipinski definition) is 2. The zero-order valence-electron chi connectivity index (χ0n) is 9.37. The molecule has 0 saturated heterocycles. The van der Waals surface area contributed by atoms with E-state index >= 15 is 0 Å². The maximum absolute atomic E-state index is 12.7. The molecule has 1 aromatic rings. The van der Waals surface area contributed by atoms with Crippen LogP contribution in [0.5, 0.6) is 0 Å². The van der Waals surface area contributed by atoms with E-state index < -0.39 is 6.04 Å². The molecule has 0 saturated carbocycles. The lowest BCUT2D eigenvalue weighted by Gasteiger charge is -2.08. The zero-order valence-corrected chi connectivity index (χ0v) is 10.9. The summed E-state index contributed by atoms with van der Waals surface area (Å²) in [5.74, 6) is -0.577. The fraction of sp³-hybridized carbons (Fsp3) is 0.364. The average Bonchev–Trinajstić information content (AvgIpc) is 2.20. The lowest BCUT2D eigenvalue weighted by atomic mass is 10.1. The van der Waals surface area contributed by atoms with E-state index in [2.05, 4.69) is 5.32 Å². The van der Waals surface area contributed by atoms with E-state index in [1.807, 2.05) is 0 Å². The molecular weight excluding hydrogens is 266 g/mol. The van der Waals surface area contributed by atoms with Gasteiger partial charge in [0.2, 0.25) is 5.91 Å². The summed E-state index contributed by atoms with van der Waals surface area (Å²) in [5.41, 5.74) is 6.18. The van der Waals surface area contributed by atoms with Gasteiger partial charge in [-0.3, -0.25) is 4.79 Å². The van der Waals surface area contributed by atoms with Gasteiger partial charge in [-0.2, -0.15) is 0 Å². The van der Waals surface area contributed by atoms with Crippen molar-refractivity contribution < 1.29 is 9.18 Å². The third-order valence-electron chi connectivity index (χ3n) is 2.12. The Hall–Kier alpha value is -0.840. The molecule has 0 aliphatic rings. The van der Waals surface area contributed by atoms with Crippen molar-refractivity contribution in [1.29, 1.82) is 0 Å². The van der Waals surface area contributed by atoms with Gasteiger partial charge in [-0.25, -0.2) is 4.39 Å². The molecule has 6 heteroatoms. The third-order valence-corrected chi connectivity index (χ3v) is 2.47. The summed E-state index contributed by atoms with van der Waals surface area (Å²) < 4.78 is 12.7. The number of hydrogen-bond acceptors (Lipinski definition) is 2. The van der Waals surface area contributed by atoms with Gasteiger partial charge in [0.05, 0.1) is 6.04 Å². The number of nitrogens with two attached hydrogens (primary N) is 1. The maximum Gasteiger partial charge on any atom is 0.236 e. The van der Waals surface area contributed by atoms with Crippen molar-refractivity contribution in [2.24, 2.45) is 5.73 Å². The Kier molecular flexibility index (Phi) is 7.11. The Morgan fingerprint density at radius 1 is 1.59 bits per heavy atom. The molecule has 0 aliphatic carbocycles. The second-order valence-electron chi connectivity index (χ2n) is 3.57. The van der Waals surface area contributed by atoms with Gasteiger partial charge in [-0.1, -0.05) is 17.7 Å². The molecule has 3 N–H and O–H groups in total. The molecule has 0 unspecified atom stereocenters. The van der Waals surface area contributed by atoms with E-state index in [9.17, 15) is 9.18 Å². The van der Waals surface area contributed by atoms with E-state index in [-0.39, 0.29) is 24.1 Å². The van der Waals surface area contributed by atoms with Crippen LogP contribution in [0.3, 0.4) is 0 Å². The number of halogens is 3. The quantitative estimate of drug-likeness (QED) is 0.885. The van der Waals surface area contributed by atoms with Gasteiger partial charge >= 0.3 is 0 Å². The predicted molar refractivity (Wildman–Crippen MR) is 69.0 cm³/mol. The second-order valence-corrected chi connectivity index (χ2v) is 3.97. The first-order valence-electron chi connectivity index (χ1n) is 4.98. The van der Waals surface area contributed by atoms with Gasteiger partial charge in [0.15, 0.2) is 0 Å². The minimum Gasteiger partial charge on any atom is -0.354 e. The molecule has 3 nitrogen and oxygen atoms in total. The first kappa shape index (κ1) is 16.2. The summed E-state index contributed by atoms with van der Waals surface area (Å²) in [6, 6.07) is 3.68. The Morgan fingerprint density at radius 3 is 2.76 bits per heavy atom. The molecule has 0 bridgehead atoms. The third kappa shape index (κ3) is 5.35. The van der Waals surface area contributed by atoms with Gasteiger partial charge in [0.25, 0.3) is 0 Å². The van der Waals surface area contributed by atoms with Crippen molar-refractivity contribution in [3.63, 3.8) is 0 Å². The summed E-state index contributed by atoms with van der Waals surface area (Å²) in [4.78, 5) is 11.1. The molecule has 1 amide bonds. The topological polar surface area (TPSA) is 55.1 Å². The molecule has 1 aromatic carbocycles. The van der Waals surface area contributed by atoms with Crippen molar-refractivity contribution in [3.8, 4) is 0 Å². The lowest BCUT2D eigenvalue weighted by Crippen LogP contribution is -2.39. The summed E-state index contributed by atoms with van der Waals surface area (Å²) in [7, 11) is 0. The van der Waals surface area contributed by atoms with E-state index in [1.54, 1.807) is 13.0 Å². The van der Waals surface area contributed by atoms with Crippen LogP contribution >= 0.6 is 24.0 Å². The summed E-state index contributed by atoms with van der Waals surface area (Å²) in [6.45, 7) is 2.05. The van der Waals surface area contributed by atoms with Crippen LogP contribution in [-0.2, 0) is 11.2 Å². The molecule has 1 rings (SSSR count). The largest absolute Gasteiger partial charge is 0.354 e. The number of carbonyl (C=O) groups excluding carboxylic acids is 1. The van der Waals surface area contributed by atoms with Crippen LogP contribution < -0.4 is 11.1 Å². The number of benzene rings is 1. The van der Waals surface area contributed by atoms with Crippen molar-refractivity contribution in [3.05, 3.63) is 34.6 Å². The van der Waals surface area contributed by atoms with E-state index in [0.717, 1.165) is 5.56 Å². The van der Waals surface area contributed by atoms with Crippen molar-refractivity contribution in [2.45, 2.75) is 19.4 Å². The second kappa shape index (κ2) is 7.48. The number of rotatable bonds is 4. The van der Waals surface area contributed by atoms with E-state index in [0.29, 0.717) is 18.0 Å². The average molecular weight is 281 g/mol. The van der Waals surface area contributed by atoms with E-state index in [4.69, 9.17) is 17.3 Å². The highest BCUT2D eigenvalue weighted by Gasteiger charge is 2.07. The highest BCUT2D eigenvalue weighted by Crippen LogP contribution is 2.17. The SMILES string of the molecule is C[C@@H](N)C(=O)NCCc1ccc(F)cc1Cl.Cl. The van der Waals surface area contributed by atoms with Crippen LogP contribution in [0.2, 0.25) is 5.02 Å². The Morgan fingerprint density at radius 2 is 2.24 bits per heavy atom. The molecule has 0 aliphatic heterocycles. The molecule has 0 heterocycles. The normalized spacial score (nSPS) is 11.5. The van der Waals surface area contributed by atoms with Crippen molar-refractivity contribution in [1.82, 2.24) is 5.32 Å². The lowest BCUT2D eigenvalue weighted by molar-refractivity contribution is -0.121. The summed E-state index contributed by atoms with van der Waals surface area (Å²) in [6.07, 6.45) is 0.553. The predicted octanol–water partition coefficient (Wildman–Crippen LogP) is 1.91. The monoisotopic (exact) mass is 280 g/mol. The molecular formula is C11H15Cl2FN2O. The van der Waals surface area contributed by atoms with Crippen LogP contribution in [0.15, 0.2) is 18.2 Å². The Bertz CT molecular complexity index is 386. The fourth-order valence-corrected chi connectivity index (χ4v) is 1.47. The van der Waals surface area contributed by atoms with Gasteiger partial charge in [-0.15, -0.1) is 12.4 Å². The molecule has 0 radical (unpaired) electrons. The smallest absolute Gasteiger partial charge is 0.236 e. The minimum atomic E-state index is -0.524. The van der Waals surface area contributed by atoms with Gasteiger partial charge in [0.1, 0.15) is 5.82 Å². The van der Waals surface area contributed by atoms with E-state index in [1.165, 1.54) is 12.1 Å². The summed E-state index contributed by atoms with van der Waals surface area (Å²) >= 11 is 5.83. The molecule has 96 valence electrons. The highest BCUT2D eigenvalue weighted by atomic mass is 35.5. The standard InChI is InChI=1S/C11H14ClFN2O.ClH/c1-7(14)11(16)15-5-4-8-2-3-9(13)6-10(8)12;/h2-3,6-7H,4-5,14H2,1H3,(H,15,16);1H/t7-;/m1./s1. The highest BCUT2D eigenvalue weighted by molar-refractivity contribution is 6.31. The Balaban J connectivity index is 0.00000256. The minimum absolute atomic E-state index is 0.